The number of nitrogens with one attached hydrogen (secondary N) is 1. The Morgan fingerprint density at radius 2 is 1.79 bits per heavy atom. The summed E-state index contributed by atoms with van der Waals surface area (Å²) in [5, 5.41) is 3.58. The van der Waals surface area contributed by atoms with E-state index >= 15 is 0 Å². The molecule has 3 fully saturated rings. The van der Waals surface area contributed by atoms with Crippen molar-refractivity contribution in [2.45, 2.75) is 70.9 Å². The highest BCUT2D eigenvalue weighted by molar-refractivity contribution is 7.89. The predicted molar refractivity (Wildman–Crippen MR) is 164 cm³/mol. The van der Waals surface area contributed by atoms with E-state index in [4.69, 9.17) is 4.74 Å². The van der Waals surface area contributed by atoms with E-state index in [0.717, 1.165) is 55.8 Å². The van der Waals surface area contributed by atoms with E-state index < -0.39 is 10.0 Å². The van der Waals surface area contributed by atoms with Crippen LogP contribution < -0.4 is 5.32 Å². The molecule has 11 heteroatoms. The van der Waals surface area contributed by atoms with Crippen LogP contribution in [0.3, 0.4) is 0 Å². The minimum Gasteiger partial charge on any atom is -0.378 e. The van der Waals surface area contributed by atoms with Crippen molar-refractivity contribution in [2.75, 3.05) is 51.3 Å². The van der Waals surface area contributed by atoms with E-state index in [2.05, 4.69) is 37.9 Å². The van der Waals surface area contributed by atoms with Gasteiger partial charge in [0.05, 0.1) is 23.7 Å². The molecule has 4 heterocycles. The van der Waals surface area contributed by atoms with Gasteiger partial charge in [0.25, 0.3) is 11.8 Å². The fourth-order valence-corrected chi connectivity index (χ4v) is 10.8. The second-order valence-electron chi connectivity index (χ2n) is 13.5. The molecule has 9 nitrogen and oxygen atoms in total. The molecule has 228 valence electrons. The molecule has 42 heavy (non-hydrogen) atoms. The lowest BCUT2D eigenvalue weighted by Crippen LogP contribution is -2.41. The SMILES string of the molecule is CCN1CCc2c(sc(NC(=O)c3ccc(S(=O)(=O)N4CC5(C)CC4CC(C)(C)C5)cc3)c2C(=O)N2CCOCC2)C1. The fraction of sp³-hybridized carbons (Fsp3) is 0.613. The number of amides is 2. The summed E-state index contributed by atoms with van der Waals surface area (Å²) in [7, 11) is -3.68. The average Bonchev–Trinajstić information content (AvgIpc) is 3.44. The third kappa shape index (κ3) is 5.54. The van der Waals surface area contributed by atoms with Crippen LogP contribution in [-0.2, 0) is 27.7 Å². The molecule has 3 aliphatic heterocycles. The number of carbonyl (C=O) groups excluding carboxylic acids is 2. The molecule has 1 N–H and O–H groups in total. The third-order valence-electron chi connectivity index (χ3n) is 9.41. The van der Waals surface area contributed by atoms with E-state index in [9.17, 15) is 18.0 Å². The number of anilines is 1. The van der Waals surface area contributed by atoms with Crippen LogP contribution in [0.2, 0.25) is 0 Å². The number of carbonyl (C=O) groups is 2. The van der Waals surface area contributed by atoms with Crippen LogP contribution in [0.5, 0.6) is 0 Å². The van der Waals surface area contributed by atoms with E-state index in [0.29, 0.717) is 49.0 Å². The molecule has 1 saturated carbocycles. The summed E-state index contributed by atoms with van der Waals surface area (Å²) in [6, 6.07) is 6.23. The summed E-state index contributed by atoms with van der Waals surface area (Å²) in [5.41, 5.74) is 2.08. The third-order valence-corrected chi connectivity index (χ3v) is 12.5. The maximum Gasteiger partial charge on any atom is 0.257 e. The summed E-state index contributed by atoms with van der Waals surface area (Å²) < 4.78 is 34.6. The van der Waals surface area contributed by atoms with Crippen molar-refractivity contribution in [2.24, 2.45) is 10.8 Å². The number of thiophene rings is 1. The quantitative estimate of drug-likeness (QED) is 0.517. The van der Waals surface area contributed by atoms with Crippen molar-refractivity contribution in [3.8, 4) is 0 Å². The Morgan fingerprint density at radius 3 is 2.48 bits per heavy atom. The van der Waals surface area contributed by atoms with Crippen molar-refractivity contribution in [1.29, 1.82) is 0 Å². The highest BCUT2D eigenvalue weighted by atomic mass is 32.2. The minimum absolute atomic E-state index is 0.00245. The monoisotopic (exact) mass is 614 g/mol. The van der Waals surface area contributed by atoms with Gasteiger partial charge in [0.15, 0.2) is 0 Å². The van der Waals surface area contributed by atoms with Crippen LogP contribution in [0.25, 0.3) is 0 Å². The molecular weight excluding hydrogens is 572 g/mol. The maximum atomic E-state index is 13.7. The zero-order chi connectivity index (χ0) is 29.9. The Labute approximate surface area is 253 Å². The van der Waals surface area contributed by atoms with Crippen LogP contribution in [0.1, 0.15) is 78.1 Å². The fourth-order valence-electron chi connectivity index (χ4n) is 7.74. The molecule has 1 aromatic heterocycles. The molecule has 2 atom stereocenters. The molecule has 2 unspecified atom stereocenters. The number of ether oxygens (including phenoxy) is 1. The zero-order valence-electron chi connectivity index (χ0n) is 25.1. The van der Waals surface area contributed by atoms with E-state index in [1.54, 1.807) is 28.6 Å². The zero-order valence-corrected chi connectivity index (χ0v) is 26.7. The number of morpholine rings is 1. The van der Waals surface area contributed by atoms with Gasteiger partial charge in [0, 0.05) is 49.2 Å². The van der Waals surface area contributed by atoms with Gasteiger partial charge in [0.1, 0.15) is 5.00 Å². The van der Waals surface area contributed by atoms with Gasteiger partial charge in [0.2, 0.25) is 10.0 Å². The van der Waals surface area contributed by atoms with Gasteiger partial charge in [-0.1, -0.05) is 27.7 Å². The highest BCUT2D eigenvalue weighted by Crippen LogP contribution is 2.53. The number of hydrogen-bond acceptors (Lipinski definition) is 7. The normalized spacial score (nSPS) is 26.2. The van der Waals surface area contributed by atoms with Gasteiger partial charge >= 0.3 is 0 Å². The number of benzene rings is 1. The van der Waals surface area contributed by atoms with Crippen molar-refractivity contribution in [3.63, 3.8) is 0 Å². The van der Waals surface area contributed by atoms with Crippen molar-refractivity contribution < 1.29 is 22.7 Å². The first-order chi connectivity index (χ1) is 19.9. The van der Waals surface area contributed by atoms with E-state index in [1.807, 2.05) is 4.90 Å². The topological polar surface area (TPSA) is 99.3 Å². The van der Waals surface area contributed by atoms with Gasteiger partial charge in [-0.3, -0.25) is 14.5 Å². The van der Waals surface area contributed by atoms with Crippen molar-refractivity contribution in [1.82, 2.24) is 14.1 Å². The second kappa shape index (κ2) is 11.0. The molecule has 2 amide bonds. The maximum absolute atomic E-state index is 13.7. The summed E-state index contributed by atoms with van der Waals surface area (Å²) in [4.78, 5) is 32.6. The molecule has 1 aromatic carbocycles. The van der Waals surface area contributed by atoms with Gasteiger partial charge in [-0.2, -0.15) is 4.31 Å². The largest absolute Gasteiger partial charge is 0.378 e. The molecule has 2 saturated heterocycles. The first kappa shape index (κ1) is 29.7. The molecule has 1 aliphatic carbocycles. The number of fused-ring (bicyclic) bond motifs is 3. The molecule has 2 bridgehead atoms. The molecule has 0 spiro atoms. The average molecular weight is 615 g/mol. The second-order valence-corrected chi connectivity index (χ2v) is 16.5. The summed E-state index contributed by atoms with van der Waals surface area (Å²) in [6.07, 6.45) is 3.53. The van der Waals surface area contributed by atoms with E-state index in [1.165, 1.54) is 11.3 Å². The first-order valence-corrected chi connectivity index (χ1v) is 17.3. The Morgan fingerprint density at radius 1 is 1.07 bits per heavy atom. The van der Waals surface area contributed by atoms with Crippen LogP contribution in [0, 0.1) is 10.8 Å². The van der Waals surface area contributed by atoms with E-state index in [-0.39, 0.29) is 33.6 Å². The van der Waals surface area contributed by atoms with Crippen molar-refractivity contribution in [3.05, 3.63) is 45.8 Å². The Hall–Kier alpha value is -2.31. The Kier molecular flexibility index (Phi) is 7.79. The molecule has 6 rings (SSSR count). The van der Waals surface area contributed by atoms with Gasteiger partial charge in [-0.25, -0.2) is 8.42 Å². The number of rotatable bonds is 6. The minimum atomic E-state index is -3.68. The molecule has 2 aromatic rings. The highest BCUT2D eigenvalue weighted by Gasteiger charge is 2.53. The lowest BCUT2D eigenvalue weighted by atomic mass is 9.65. The standard InChI is InChI=1S/C31H42N4O5S2/c1-5-33-11-10-24-25(18-33)41-28(26(24)29(37)34-12-14-40-15-13-34)32-27(36)21-6-8-23(9-7-21)42(38,39)35-20-31(4)17-22(35)16-30(2,3)19-31/h6-9,22H,5,10-20H2,1-4H3,(H,32,36). The van der Waals surface area contributed by atoms with Crippen LogP contribution in [0.15, 0.2) is 29.2 Å². The lowest BCUT2D eigenvalue weighted by molar-refractivity contribution is 0.0303. The Balaban J connectivity index is 1.23. The number of nitrogens with zero attached hydrogens (tertiary/aromatic N) is 3. The van der Waals surface area contributed by atoms with Gasteiger partial charge in [-0.05, 0) is 72.9 Å². The first-order valence-electron chi connectivity index (χ1n) is 15.1. The molecular formula is C31H42N4O5S2. The summed E-state index contributed by atoms with van der Waals surface area (Å²) >= 11 is 1.47. The predicted octanol–water partition coefficient (Wildman–Crippen LogP) is 4.44. The molecule has 4 aliphatic rings. The van der Waals surface area contributed by atoms with Crippen LogP contribution in [0.4, 0.5) is 5.00 Å². The summed E-state index contributed by atoms with van der Waals surface area (Å²) in [5.74, 6) is -0.419. The number of hydrogen-bond donors (Lipinski definition) is 1. The van der Waals surface area contributed by atoms with Gasteiger partial charge in [-0.15, -0.1) is 11.3 Å². The number of sulfonamides is 1. The summed E-state index contributed by atoms with van der Waals surface area (Å²) in [6.45, 7) is 13.9. The van der Waals surface area contributed by atoms with Crippen LogP contribution in [-0.4, -0.2) is 86.3 Å². The smallest absolute Gasteiger partial charge is 0.257 e. The lowest BCUT2D eigenvalue weighted by Gasteiger charge is -2.39. The molecule has 0 radical (unpaired) electrons. The van der Waals surface area contributed by atoms with Crippen molar-refractivity contribution >= 4 is 38.2 Å². The van der Waals surface area contributed by atoms with Crippen LogP contribution >= 0.6 is 11.3 Å². The van der Waals surface area contributed by atoms with Gasteiger partial charge < -0.3 is 15.0 Å². The number of likely N-dealkylation sites (N-methyl/N-ethyl adjacent to an activating group) is 1. The Bertz CT molecular complexity index is 1480.